The molecule has 2 radical (unpaired) electrons. The average molecular weight is 195 g/mol. The van der Waals surface area contributed by atoms with E-state index in [-0.39, 0.29) is 4.46 Å². The van der Waals surface area contributed by atoms with E-state index in [2.05, 4.69) is 18.7 Å². The summed E-state index contributed by atoms with van der Waals surface area (Å²) in [5.41, 5.74) is 2.07. The number of hydrogen-bond acceptors (Lipinski definition) is 0. The number of rotatable bonds is 5. The normalized spacial score (nSPS) is 11.6. The highest BCUT2D eigenvalue weighted by Crippen LogP contribution is 2.00. The van der Waals surface area contributed by atoms with Crippen LogP contribution in [0.3, 0.4) is 0 Å². The topological polar surface area (TPSA) is 0 Å². The van der Waals surface area contributed by atoms with E-state index < -0.39 is 0 Å². The molecule has 0 spiro atoms. The van der Waals surface area contributed by atoms with Crippen LogP contribution < -0.4 is 0 Å². The summed E-state index contributed by atoms with van der Waals surface area (Å²) >= 11 is 11.0. The molecule has 0 aromatic carbocycles. The Balaban J connectivity index is 3.04. The van der Waals surface area contributed by atoms with Crippen LogP contribution in [0, 0.1) is 0 Å². The second-order valence-corrected chi connectivity index (χ2v) is 5.08. The quantitative estimate of drug-likeness (QED) is 0.359. The second-order valence-electron chi connectivity index (χ2n) is 2.01. The molecule has 0 aliphatic rings. The molecule has 0 bridgehead atoms. The standard InChI is InChI=1S/C7H12Cl2Si/c1-2-3-4-5-6-10-7(8)9/h5-7H,2-4H2,1H3. The fraction of sp³-hybridized carbons (Fsp3) is 0.714. The van der Waals surface area contributed by atoms with Gasteiger partial charge in [0.2, 0.25) is 0 Å². The first-order valence-corrected chi connectivity index (χ1v) is 5.49. The molecule has 0 fully saturated rings. The predicted octanol–water partition coefficient (Wildman–Crippen LogP) is 3.16. The fourth-order valence-electron chi connectivity index (χ4n) is 0.546. The lowest BCUT2D eigenvalue weighted by atomic mass is 10.2. The fourth-order valence-corrected chi connectivity index (χ4v) is 1.43. The SMILES string of the molecule is CCCCC=C[Si]C(Cl)Cl. The molecule has 0 aliphatic heterocycles. The van der Waals surface area contributed by atoms with Gasteiger partial charge in [0, 0.05) is 0 Å². The molecular formula is C7H12Cl2Si. The molecule has 0 heterocycles. The van der Waals surface area contributed by atoms with Gasteiger partial charge in [0.05, 0.1) is 4.46 Å². The second kappa shape index (κ2) is 7.64. The number of unbranched alkanes of at least 4 members (excludes halogenated alkanes) is 2. The molecule has 10 heavy (non-hydrogen) atoms. The molecule has 0 rings (SSSR count). The number of allylic oxidation sites excluding steroid dienone is 1. The summed E-state index contributed by atoms with van der Waals surface area (Å²) < 4.78 is -0.210. The molecule has 0 unspecified atom stereocenters. The lowest BCUT2D eigenvalue weighted by molar-refractivity contribution is 0.815. The largest absolute Gasteiger partial charge is 0.114 e. The van der Waals surface area contributed by atoms with Gasteiger partial charge in [0.1, 0.15) is 9.52 Å². The molecule has 0 atom stereocenters. The van der Waals surface area contributed by atoms with Crippen LogP contribution in [0.2, 0.25) is 0 Å². The van der Waals surface area contributed by atoms with E-state index >= 15 is 0 Å². The third-order valence-corrected chi connectivity index (χ3v) is 2.50. The Morgan fingerprint density at radius 3 is 2.70 bits per heavy atom. The summed E-state index contributed by atoms with van der Waals surface area (Å²) in [7, 11) is 0.550. The summed E-state index contributed by atoms with van der Waals surface area (Å²) in [4.78, 5) is 0. The number of halogens is 2. The van der Waals surface area contributed by atoms with Gasteiger partial charge in [-0.15, -0.1) is 23.2 Å². The van der Waals surface area contributed by atoms with E-state index in [1.807, 2.05) is 0 Å². The average Bonchev–Trinajstić information content (AvgIpc) is 1.87. The van der Waals surface area contributed by atoms with Crippen LogP contribution in [0.25, 0.3) is 0 Å². The molecule has 0 aromatic rings. The summed E-state index contributed by atoms with van der Waals surface area (Å²) in [6.07, 6.45) is 5.82. The van der Waals surface area contributed by atoms with E-state index in [9.17, 15) is 0 Å². The highest BCUT2D eigenvalue weighted by Gasteiger charge is 1.93. The molecule has 0 aliphatic carbocycles. The Kier molecular flexibility index (Phi) is 8.05. The Hall–Kier alpha value is 0.537. The maximum Gasteiger partial charge on any atom is 0.114 e. The lowest BCUT2D eigenvalue weighted by Gasteiger charge is -1.90. The monoisotopic (exact) mass is 194 g/mol. The van der Waals surface area contributed by atoms with Crippen molar-refractivity contribution in [1.82, 2.24) is 0 Å². The van der Waals surface area contributed by atoms with Crippen LogP contribution in [0.1, 0.15) is 26.2 Å². The zero-order chi connectivity index (χ0) is 7.82. The third kappa shape index (κ3) is 8.54. The molecule has 0 saturated heterocycles. The van der Waals surface area contributed by atoms with Gasteiger partial charge in [-0.1, -0.05) is 31.5 Å². The highest BCUT2D eigenvalue weighted by atomic mass is 35.5. The minimum Gasteiger partial charge on any atom is -0.110 e. The van der Waals surface area contributed by atoms with Crippen molar-refractivity contribution in [1.29, 1.82) is 0 Å². The van der Waals surface area contributed by atoms with E-state index in [0.29, 0.717) is 9.52 Å². The summed E-state index contributed by atoms with van der Waals surface area (Å²) in [6, 6.07) is 0. The van der Waals surface area contributed by atoms with Crippen molar-refractivity contribution >= 4 is 32.7 Å². The van der Waals surface area contributed by atoms with Crippen LogP contribution in [0.4, 0.5) is 0 Å². The first kappa shape index (κ1) is 10.5. The molecule has 58 valence electrons. The van der Waals surface area contributed by atoms with Crippen molar-refractivity contribution in [3.05, 3.63) is 11.8 Å². The summed E-state index contributed by atoms with van der Waals surface area (Å²) in [5, 5.41) is 0. The Bertz CT molecular complexity index is 91.6. The summed E-state index contributed by atoms with van der Waals surface area (Å²) in [5.74, 6) is 0. The molecule has 3 heteroatoms. The maximum atomic E-state index is 5.52. The number of alkyl halides is 2. The van der Waals surface area contributed by atoms with Gasteiger partial charge >= 0.3 is 0 Å². The van der Waals surface area contributed by atoms with E-state index in [1.54, 1.807) is 0 Å². The maximum absolute atomic E-state index is 5.52. The molecule has 0 saturated carbocycles. The zero-order valence-electron chi connectivity index (χ0n) is 6.11. The van der Waals surface area contributed by atoms with Crippen LogP contribution >= 0.6 is 23.2 Å². The van der Waals surface area contributed by atoms with Gasteiger partial charge in [-0.25, -0.2) is 0 Å². The van der Waals surface area contributed by atoms with E-state index in [0.717, 1.165) is 6.42 Å². The van der Waals surface area contributed by atoms with Gasteiger partial charge in [-0.05, 0) is 6.42 Å². The van der Waals surface area contributed by atoms with Crippen molar-refractivity contribution in [3.8, 4) is 0 Å². The van der Waals surface area contributed by atoms with Crippen molar-refractivity contribution in [2.45, 2.75) is 30.6 Å². The van der Waals surface area contributed by atoms with Gasteiger partial charge in [0.15, 0.2) is 0 Å². The van der Waals surface area contributed by atoms with E-state index in [4.69, 9.17) is 23.2 Å². The molecular weight excluding hydrogens is 183 g/mol. The highest BCUT2D eigenvalue weighted by molar-refractivity contribution is 6.71. The van der Waals surface area contributed by atoms with Crippen LogP contribution in [0.15, 0.2) is 11.8 Å². The minimum atomic E-state index is -0.210. The van der Waals surface area contributed by atoms with Crippen molar-refractivity contribution in [3.63, 3.8) is 0 Å². The van der Waals surface area contributed by atoms with Crippen molar-refractivity contribution in [2.24, 2.45) is 0 Å². The van der Waals surface area contributed by atoms with Crippen LogP contribution in [0.5, 0.6) is 0 Å². The molecule has 0 nitrogen and oxygen atoms in total. The predicted molar refractivity (Wildman–Crippen MR) is 49.9 cm³/mol. The van der Waals surface area contributed by atoms with Gasteiger partial charge < -0.3 is 0 Å². The smallest absolute Gasteiger partial charge is 0.110 e. The number of hydrogen-bond donors (Lipinski definition) is 0. The van der Waals surface area contributed by atoms with Crippen molar-refractivity contribution < 1.29 is 0 Å². The zero-order valence-corrected chi connectivity index (χ0v) is 8.62. The van der Waals surface area contributed by atoms with Crippen LogP contribution in [-0.2, 0) is 0 Å². The first-order chi connectivity index (χ1) is 4.77. The lowest BCUT2D eigenvalue weighted by Crippen LogP contribution is -1.95. The first-order valence-electron chi connectivity index (χ1n) is 3.46. The van der Waals surface area contributed by atoms with Gasteiger partial charge in [-0.2, -0.15) is 0 Å². The van der Waals surface area contributed by atoms with Crippen LogP contribution in [-0.4, -0.2) is 14.0 Å². The molecule has 0 N–H and O–H groups in total. The third-order valence-electron chi connectivity index (χ3n) is 1.06. The minimum absolute atomic E-state index is 0.210. The van der Waals surface area contributed by atoms with Gasteiger partial charge in [-0.3, -0.25) is 0 Å². The van der Waals surface area contributed by atoms with Gasteiger partial charge in [0.25, 0.3) is 0 Å². The Morgan fingerprint density at radius 1 is 1.50 bits per heavy atom. The van der Waals surface area contributed by atoms with E-state index in [1.165, 1.54) is 12.8 Å². The summed E-state index contributed by atoms with van der Waals surface area (Å²) in [6.45, 7) is 2.18. The van der Waals surface area contributed by atoms with Crippen molar-refractivity contribution in [2.75, 3.05) is 0 Å². The Labute approximate surface area is 75.4 Å². The Morgan fingerprint density at radius 2 is 2.20 bits per heavy atom. The molecule has 0 aromatic heterocycles. The molecule has 0 amide bonds.